The van der Waals surface area contributed by atoms with Gasteiger partial charge >= 0.3 is 0 Å². The zero-order valence-electron chi connectivity index (χ0n) is 14.4. The summed E-state index contributed by atoms with van der Waals surface area (Å²) in [6.07, 6.45) is 5.76. The number of aromatic hydroxyl groups is 1. The summed E-state index contributed by atoms with van der Waals surface area (Å²) in [6.45, 7) is 1.59. The molecule has 2 aromatic rings. The molecule has 4 nitrogen and oxygen atoms in total. The molecular formula is C20H24N2O2. The van der Waals surface area contributed by atoms with Crippen molar-refractivity contribution in [2.75, 3.05) is 34.3 Å². The molecule has 0 saturated carbocycles. The van der Waals surface area contributed by atoms with Crippen molar-refractivity contribution in [3.63, 3.8) is 0 Å². The summed E-state index contributed by atoms with van der Waals surface area (Å²) in [7, 11) is 5.68. The Hall–Kier alpha value is -2.59. The zero-order valence-corrected chi connectivity index (χ0v) is 14.4. The monoisotopic (exact) mass is 324 g/mol. The molecule has 126 valence electrons. The molecule has 0 radical (unpaired) electrons. The number of methoxy groups -OCH3 is 1. The first-order valence-corrected chi connectivity index (χ1v) is 7.88. The maximum absolute atomic E-state index is 9.95. The van der Waals surface area contributed by atoms with Crippen LogP contribution in [0.25, 0.3) is 12.2 Å². The lowest BCUT2D eigenvalue weighted by molar-refractivity contribution is 0.415. The lowest BCUT2D eigenvalue weighted by Crippen LogP contribution is -2.15. The van der Waals surface area contributed by atoms with Crippen molar-refractivity contribution >= 4 is 18.4 Å². The fraction of sp³-hybridized carbons (Fsp3) is 0.250. The Morgan fingerprint density at radius 1 is 1.04 bits per heavy atom. The minimum absolute atomic E-state index is 0.241. The fourth-order valence-corrected chi connectivity index (χ4v) is 2.11. The summed E-state index contributed by atoms with van der Waals surface area (Å²) in [6, 6.07) is 13.4. The molecule has 0 aromatic heterocycles. The number of ether oxygens (including phenoxy) is 1. The van der Waals surface area contributed by atoms with E-state index in [9.17, 15) is 5.11 Å². The van der Waals surface area contributed by atoms with E-state index >= 15 is 0 Å². The van der Waals surface area contributed by atoms with Crippen LogP contribution in [-0.2, 0) is 0 Å². The molecule has 0 heterocycles. The smallest absolute Gasteiger partial charge is 0.124 e. The molecule has 4 heteroatoms. The Labute approximate surface area is 143 Å². The average Bonchev–Trinajstić information content (AvgIpc) is 2.59. The highest BCUT2D eigenvalue weighted by molar-refractivity contribution is 5.85. The first-order chi connectivity index (χ1) is 11.6. The van der Waals surface area contributed by atoms with Crippen molar-refractivity contribution in [3.8, 4) is 11.5 Å². The van der Waals surface area contributed by atoms with Gasteiger partial charge in [0.15, 0.2) is 0 Å². The van der Waals surface area contributed by atoms with Gasteiger partial charge in [0.25, 0.3) is 0 Å². The summed E-state index contributed by atoms with van der Waals surface area (Å²) < 4.78 is 5.15. The topological polar surface area (TPSA) is 45.1 Å². The van der Waals surface area contributed by atoms with E-state index in [-0.39, 0.29) is 5.75 Å². The summed E-state index contributed by atoms with van der Waals surface area (Å²) in [5, 5.41) is 9.95. The number of phenols is 1. The van der Waals surface area contributed by atoms with E-state index in [1.54, 1.807) is 19.4 Å². The van der Waals surface area contributed by atoms with Gasteiger partial charge in [-0.05, 0) is 49.5 Å². The molecule has 1 N–H and O–H groups in total. The number of nitrogens with zero attached hydrogens (tertiary/aromatic N) is 2. The lowest BCUT2D eigenvalue weighted by atomic mass is 10.1. The summed E-state index contributed by atoms with van der Waals surface area (Å²) in [5.74, 6) is 1.08. The van der Waals surface area contributed by atoms with Gasteiger partial charge in [0.1, 0.15) is 11.5 Å². The Morgan fingerprint density at radius 3 is 2.38 bits per heavy atom. The van der Waals surface area contributed by atoms with Gasteiger partial charge in [-0.2, -0.15) is 0 Å². The molecule has 0 unspecified atom stereocenters. The van der Waals surface area contributed by atoms with Crippen LogP contribution < -0.4 is 4.74 Å². The van der Waals surface area contributed by atoms with Crippen LogP contribution >= 0.6 is 0 Å². The molecule has 0 aliphatic carbocycles. The van der Waals surface area contributed by atoms with Crippen LogP contribution in [0.2, 0.25) is 0 Å². The molecule has 2 aromatic carbocycles. The molecule has 0 fully saturated rings. The average molecular weight is 324 g/mol. The van der Waals surface area contributed by atoms with Crippen molar-refractivity contribution in [3.05, 3.63) is 59.2 Å². The highest BCUT2D eigenvalue weighted by Crippen LogP contribution is 2.19. The second-order valence-electron chi connectivity index (χ2n) is 5.76. The van der Waals surface area contributed by atoms with Gasteiger partial charge in [0.2, 0.25) is 0 Å². The molecule has 0 bridgehead atoms. The van der Waals surface area contributed by atoms with Crippen molar-refractivity contribution in [1.82, 2.24) is 4.90 Å². The second-order valence-corrected chi connectivity index (χ2v) is 5.76. The van der Waals surface area contributed by atoms with Crippen molar-refractivity contribution in [1.29, 1.82) is 0 Å². The van der Waals surface area contributed by atoms with E-state index in [1.807, 2.05) is 62.6 Å². The first-order valence-electron chi connectivity index (χ1n) is 7.88. The van der Waals surface area contributed by atoms with E-state index < -0.39 is 0 Å². The molecule has 0 amide bonds. The molecule has 0 saturated heterocycles. The fourth-order valence-electron chi connectivity index (χ4n) is 2.11. The van der Waals surface area contributed by atoms with Crippen LogP contribution in [0.1, 0.15) is 16.7 Å². The molecule has 0 spiro atoms. The van der Waals surface area contributed by atoms with Crippen LogP contribution in [0.3, 0.4) is 0 Å². The largest absolute Gasteiger partial charge is 0.507 e. The highest BCUT2D eigenvalue weighted by atomic mass is 16.5. The standard InChI is InChI=1S/C20H24N2O2/c1-22(2)13-12-21-15-18-14-17(8-11-20(18)23)5-4-16-6-9-19(24-3)10-7-16/h4-11,14-15,23H,12-13H2,1-3H3/b5-4+,21-15?. The number of rotatable bonds is 7. The van der Waals surface area contributed by atoms with Crippen molar-refractivity contribution in [2.45, 2.75) is 0 Å². The molecule has 24 heavy (non-hydrogen) atoms. The summed E-state index contributed by atoms with van der Waals surface area (Å²) >= 11 is 0. The van der Waals surface area contributed by atoms with Crippen LogP contribution in [0.15, 0.2) is 47.5 Å². The predicted octanol–water partition coefficient (Wildman–Crippen LogP) is 3.55. The van der Waals surface area contributed by atoms with Crippen LogP contribution in [0.4, 0.5) is 0 Å². The Kier molecular flexibility index (Phi) is 6.58. The zero-order chi connectivity index (χ0) is 17.4. The van der Waals surface area contributed by atoms with Gasteiger partial charge in [-0.15, -0.1) is 0 Å². The van der Waals surface area contributed by atoms with Crippen LogP contribution in [0.5, 0.6) is 11.5 Å². The van der Waals surface area contributed by atoms with Crippen LogP contribution in [0, 0.1) is 0 Å². The predicted molar refractivity (Wildman–Crippen MR) is 101 cm³/mol. The SMILES string of the molecule is COc1ccc(/C=C/c2ccc(O)c(C=NCCN(C)C)c2)cc1. The number of hydrogen-bond acceptors (Lipinski definition) is 4. The Morgan fingerprint density at radius 2 is 1.71 bits per heavy atom. The quantitative estimate of drug-likeness (QED) is 0.626. The molecule has 0 aliphatic rings. The molecule has 0 aliphatic heterocycles. The van der Waals surface area contributed by atoms with E-state index in [2.05, 4.69) is 9.89 Å². The van der Waals surface area contributed by atoms with E-state index in [0.29, 0.717) is 6.54 Å². The summed E-state index contributed by atoms with van der Waals surface area (Å²) in [5.41, 5.74) is 2.83. The number of aliphatic imine (C=N–C) groups is 1. The number of phenolic OH excluding ortho intramolecular Hbond substituents is 1. The number of likely N-dealkylation sites (N-methyl/N-ethyl adjacent to an activating group) is 1. The highest BCUT2D eigenvalue weighted by Gasteiger charge is 1.99. The number of hydrogen-bond donors (Lipinski definition) is 1. The van der Waals surface area contributed by atoms with Gasteiger partial charge in [0, 0.05) is 18.3 Å². The third kappa shape index (κ3) is 5.56. The van der Waals surface area contributed by atoms with Gasteiger partial charge in [-0.25, -0.2) is 0 Å². The summed E-state index contributed by atoms with van der Waals surface area (Å²) in [4.78, 5) is 6.43. The maximum atomic E-state index is 9.95. The van der Waals surface area contributed by atoms with E-state index in [0.717, 1.165) is 29.0 Å². The minimum Gasteiger partial charge on any atom is -0.507 e. The molecular weight excluding hydrogens is 300 g/mol. The Bertz CT molecular complexity index is 704. The molecule has 0 atom stereocenters. The maximum Gasteiger partial charge on any atom is 0.124 e. The van der Waals surface area contributed by atoms with E-state index in [1.165, 1.54) is 0 Å². The van der Waals surface area contributed by atoms with Gasteiger partial charge < -0.3 is 14.7 Å². The van der Waals surface area contributed by atoms with E-state index in [4.69, 9.17) is 4.74 Å². The lowest BCUT2D eigenvalue weighted by Gasteiger charge is -2.06. The molecule has 2 rings (SSSR count). The van der Waals surface area contributed by atoms with Crippen molar-refractivity contribution in [2.24, 2.45) is 4.99 Å². The van der Waals surface area contributed by atoms with Gasteiger partial charge in [-0.3, -0.25) is 4.99 Å². The second kappa shape index (κ2) is 8.89. The number of benzene rings is 2. The first kappa shape index (κ1) is 17.8. The van der Waals surface area contributed by atoms with Crippen LogP contribution in [-0.4, -0.2) is 50.5 Å². The third-order valence-corrected chi connectivity index (χ3v) is 3.54. The third-order valence-electron chi connectivity index (χ3n) is 3.54. The van der Waals surface area contributed by atoms with Crippen molar-refractivity contribution < 1.29 is 9.84 Å². The van der Waals surface area contributed by atoms with Gasteiger partial charge in [-0.1, -0.05) is 30.4 Å². The minimum atomic E-state index is 0.241. The normalized spacial score (nSPS) is 11.7. The van der Waals surface area contributed by atoms with Gasteiger partial charge in [0.05, 0.1) is 13.7 Å². The Balaban J connectivity index is 2.07.